The van der Waals surface area contributed by atoms with E-state index in [1.54, 1.807) is 0 Å². The summed E-state index contributed by atoms with van der Waals surface area (Å²) in [5.41, 5.74) is 8.50. The summed E-state index contributed by atoms with van der Waals surface area (Å²) in [4.78, 5) is 2.51. The maximum absolute atomic E-state index is 5.58. The van der Waals surface area contributed by atoms with Crippen LogP contribution in [0.5, 0.6) is 0 Å². The average Bonchev–Trinajstić information content (AvgIpc) is 2.28. The van der Waals surface area contributed by atoms with E-state index < -0.39 is 0 Å². The van der Waals surface area contributed by atoms with Gasteiger partial charge in [0.25, 0.3) is 0 Å². The Balaban J connectivity index is 2.21. The minimum Gasteiger partial charge on any atom is -0.369 e. The molecule has 2 heteroatoms. The zero-order valence-corrected chi connectivity index (χ0v) is 9.45. The predicted octanol–water partition coefficient (Wildman–Crippen LogP) is 2.18. The summed E-state index contributed by atoms with van der Waals surface area (Å²) < 4.78 is 0. The van der Waals surface area contributed by atoms with Gasteiger partial charge in [0.15, 0.2) is 0 Å². The molecule has 0 bridgehead atoms. The molecule has 0 saturated carbocycles. The van der Waals surface area contributed by atoms with E-state index in [1.807, 2.05) is 0 Å². The fourth-order valence-corrected chi connectivity index (χ4v) is 2.36. The van der Waals surface area contributed by atoms with E-state index in [0.717, 1.165) is 19.5 Å². The van der Waals surface area contributed by atoms with E-state index in [-0.39, 0.29) is 0 Å². The van der Waals surface area contributed by atoms with Crippen LogP contribution in [0.15, 0.2) is 24.3 Å². The second-order valence-corrected chi connectivity index (χ2v) is 4.35. The SMILES string of the molecule is CC1CCc2ccccc2N1CCCN. The summed E-state index contributed by atoms with van der Waals surface area (Å²) in [5, 5.41) is 0. The molecule has 1 aliphatic heterocycles. The third-order valence-electron chi connectivity index (χ3n) is 3.27. The molecule has 2 rings (SSSR count). The Labute approximate surface area is 92.1 Å². The Morgan fingerprint density at radius 1 is 1.40 bits per heavy atom. The van der Waals surface area contributed by atoms with Crippen molar-refractivity contribution >= 4 is 5.69 Å². The molecule has 15 heavy (non-hydrogen) atoms. The molecule has 1 unspecified atom stereocenters. The number of benzene rings is 1. The normalized spacial score (nSPS) is 20.1. The first-order chi connectivity index (χ1) is 7.33. The minimum atomic E-state index is 0.659. The second kappa shape index (κ2) is 4.67. The molecule has 1 aromatic carbocycles. The number of aryl methyl sites for hydroxylation is 1. The molecule has 1 aliphatic rings. The number of nitrogens with two attached hydrogens (primary N) is 1. The van der Waals surface area contributed by atoms with Gasteiger partial charge in [-0.1, -0.05) is 18.2 Å². The maximum atomic E-state index is 5.58. The molecular weight excluding hydrogens is 184 g/mol. The molecule has 2 nitrogen and oxygen atoms in total. The summed E-state index contributed by atoms with van der Waals surface area (Å²) in [5.74, 6) is 0. The third-order valence-corrected chi connectivity index (χ3v) is 3.27. The molecule has 1 aromatic rings. The van der Waals surface area contributed by atoms with Crippen molar-refractivity contribution in [1.82, 2.24) is 0 Å². The molecule has 0 spiro atoms. The van der Waals surface area contributed by atoms with Crippen molar-refractivity contribution < 1.29 is 0 Å². The van der Waals surface area contributed by atoms with Crippen LogP contribution in [0.4, 0.5) is 5.69 Å². The highest BCUT2D eigenvalue weighted by molar-refractivity contribution is 5.56. The first-order valence-electron chi connectivity index (χ1n) is 5.87. The Kier molecular flexibility index (Phi) is 3.27. The van der Waals surface area contributed by atoms with Crippen molar-refractivity contribution in [1.29, 1.82) is 0 Å². The van der Waals surface area contributed by atoms with E-state index >= 15 is 0 Å². The summed E-state index contributed by atoms with van der Waals surface area (Å²) in [6.45, 7) is 4.19. The van der Waals surface area contributed by atoms with Gasteiger partial charge >= 0.3 is 0 Å². The largest absolute Gasteiger partial charge is 0.369 e. The first kappa shape index (κ1) is 10.5. The van der Waals surface area contributed by atoms with E-state index in [0.29, 0.717) is 6.04 Å². The van der Waals surface area contributed by atoms with Crippen LogP contribution < -0.4 is 10.6 Å². The fraction of sp³-hybridized carbons (Fsp3) is 0.538. The quantitative estimate of drug-likeness (QED) is 0.817. The van der Waals surface area contributed by atoms with E-state index in [2.05, 4.69) is 36.1 Å². The van der Waals surface area contributed by atoms with Gasteiger partial charge in [-0.15, -0.1) is 0 Å². The van der Waals surface area contributed by atoms with Gasteiger partial charge in [0.2, 0.25) is 0 Å². The van der Waals surface area contributed by atoms with Crippen molar-refractivity contribution in [3.8, 4) is 0 Å². The van der Waals surface area contributed by atoms with Gasteiger partial charge in [-0.2, -0.15) is 0 Å². The molecule has 0 aromatic heterocycles. The monoisotopic (exact) mass is 204 g/mol. The lowest BCUT2D eigenvalue weighted by Gasteiger charge is -2.37. The van der Waals surface area contributed by atoms with Crippen LogP contribution in [0.1, 0.15) is 25.3 Å². The highest BCUT2D eigenvalue weighted by Gasteiger charge is 2.21. The Hall–Kier alpha value is -1.02. The topological polar surface area (TPSA) is 29.3 Å². The summed E-state index contributed by atoms with van der Waals surface area (Å²) in [6.07, 6.45) is 3.57. The molecule has 0 fully saturated rings. The minimum absolute atomic E-state index is 0.659. The van der Waals surface area contributed by atoms with Gasteiger partial charge in [0.1, 0.15) is 0 Å². The van der Waals surface area contributed by atoms with Crippen LogP contribution in [0.25, 0.3) is 0 Å². The Morgan fingerprint density at radius 2 is 2.20 bits per heavy atom. The van der Waals surface area contributed by atoms with Gasteiger partial charge in [-0.05, 0) is 44.4 Å². The lowest BCUT2D eigenvalue weighted by atomic mass is 9.96. The van der Waals surface area contributed by atoms with E-state index in [9.17, 15) is 0 Å². The zero-order valence-electron chi connectivity index (χ0n) is 9.45. The van der Waals surface area contributed by atoms with Crippen LogP contribution >= 0.6 is 0 Å². The van der Waals surface area contributed by atoms with Gasteiger partial charge in [0, 0.05) is 18.3 Å². The average molecular weight is 204 g/mol. The maximum Gasteiger partial charge on any atom is 0.0401 e. The van der Waals surface area contributed by atoms with Gasteiger partial charge in [-0.25, -0.2) is 0 Å². The predicted molar refractivity (Wildman–Crippen MR) is 65.2 cm³/mol. The Bertz CT molecular complexity index is 322. The molecule has 0 saturated heterocycles. The number of hydrogen-bond donors (Lipinski definition) is 1. The van der Waals surface area contributed by atoms with Gasteiger partial charge < -0.3 is 10.6 Å². The summed E-state index contributed by atoms with van der Waals surface area (Å²) in [7, 11) is 0. The smallest absolute Gasteiger partial charge is 0.0401 e. The van der Waals surface area contributed by atoms with Crippen LogP contribution in [0.3, 0.4) is 0 Å². The zero-order chi connectivity index (χ0) is 10.7. The van der Waals surface area contributed by atoms with E-state index in [1.165, 1.54) is 24.1 Å². The number of rotatable bonds is 3. The van der Waals surface area contributed by atoms with Crippen molar-refractivity contribution in [2.24, 2.45) is 5.73 Å². The number of anilines is 1. The number of hydrogen-bond acceptors (Lipinski definition) is 2. The molecule has 1 heterocycles. The first-order valence-corrected chi connectivity index (χ1v) is 5.87. The molecule has 1 atom stereocenters. The Morgan fingerprint density at radius 3 is 3.00 bits per heavy atom. The highest BCUT2D eigenvalue weighted by atomic mass is 15.2. The van der Waals surface area contributed by atoms with Gasteiger partial charge in [-0.3, -0.25) is 0 Å². The second-order valence-electron chi connectivity index (χ2n) is 4.35. The van der Waals surface area contributed by atoms with Crippen molar-refractivity contribution in [3.63, 3.8) is 0 Å². The standard InChI is InChI=1S/C13H20N2/c1-11-7-8-12-5-2-3-6-13(12)15(11)10-4-9-14/h2-3,5-6,11H,4,7-10,14H2,1H3. The highest BCUT2D eigenvalue weighted by Crippen LogP contribution is 2.30. The van der Waals surface area contributed by atoms with E-state index in [4.69, 9.17) is 5.73 Å². The molecular formula is C13H20N2. The van der Waals surface area contributed by atoms with Crippen LogP contribution in [0.2, 0.25) is 0 Å². The lowest BCUT2D eigenvalue weighted by Crippen LogP contribution is -2.38. The van der Waals surface area contributed by atoms with Crippen LogP contribution in [-0.2, 0) is 6.42 Å². The molecule has 2 N–H and O–H groups in total. The number of fused-ring (bicyclic) bond motifs is 1. The van der Waals surface area contributed by atoms with Crippen molar-refractivity contribution in [2.45, 2.75) is 32.2 Å². The van der Waals surface area contributed by atoms with Crippen LogP contribution in [-0.4, -0.2) is 19.1 Å². The molecule has 0 aliphatic carbocycles. The molecule has 82 valence electrons. The third kappa shape index (κ3) is 2.15. The number of para-hydroxylation sites is 1. The van der Waals surface area contributed by atoms with Crippen molar-refractivity contribution in [3.05, 3.63) is 29.8 Å². The van der Waals surface area contributed by atoms with Crippen LogP contribution in [0, 0.1) is 0 Å². The number of nitrogens with zero attached hydrogens (tertiary/aromatic N) is 1. The molecule has 0 radical (unpaired) electrons. The molecule has 0 amide bonds. The summed E-state index contributed by atoms with van der Waals surface area (Å²) in [6, 6.07) is 9.41. The lowest BCUT2D eigenvalue weighted by molar-refractivity contribution is 0.553. The van der Waals surface area contributed by atoms with Gasteiger partial charge in [0.05, 0.1) is 0 Å². The fourth-order valence-electron chi connectivity index (χ4n) is 2.36. The summed E-state index contributed by atoms with van der Waals surface area (Å²) >= 11 is 0. The van der Waals surface area contributed by atoms with Crippen molar-refractivity contribution in [2.75, 3.05) is 18.0 Å².